The molecule has 0 aromatic carbocycles. The first-order valence-corrected chi connectivity index (χ1v) is 6.23. The molecule has 15 heavy (non-hydrogen) atoms. The molecule has 1 N–H and O–H groups in total. The van der Waals surface area contributed by atoms with Crippen LogP contribution in [0.5, 0.6) is 0 Å². The lowest BCUT2D eigenvalue weighted by Crippen LogP contribution is -2.41. The van der Waals surface area contributed by atoms with E-state index in [-0.39, 0.29) is 17.4 Å². The van der Waals surface area contributed by atoms with E-state index in [2.05, 4.69) is 6.92 Å². The van der Waals surface area contributed by atoms with Crippen LogP contribution in [-0.2, 0) is 4.79 Å². The van der Waals surface area contributed by atoms with Crippen molar-refractivity contribution in [3.05, 3.63) is 0 Å². The van der Waals surface area contributed by atoms with Gasteiger partial charge in [0.05, 0.1) is 6.10 Å². The molecule has 0 bridgehead atoms. The van der Waals surface area contributed by atoms with Crippen molar-refractivity contribution in [2.45, 2.75) is 52.1 Å². The molecule has 86 valence electrons. The minimum atomic E-state index is -0.118. The Morgan fingerprint density at radius 3 is 2.80 bits per heavy atom. The van der Waals surface area contributed by atoms with Crippen molar-refractivity contribution in [3.63, 3.8) is 0 Å². The largest absolute Gasteiger partial charge is 0.393 e. The van der Waals surface area contributed by atoms with E-state index in [9.17, 15) is 9.90 Å². The topological polar surface area (TPSA) is 37.3 Å². The van der Waals surface area contributed by atoms with Crippen LogP contribution in [0.4, 0.5) is 0 Å². The van der Waals surface area contributed by atoms with Crippen LogP contribution in [0.15, 0.2) is 0 Å². The molecule has 2 rings (SSSR count). The molecule has 0 heterocycles. The molecule has 0 aliphatic heterocycles. The van der Waals surface area contributed by atoms with Gasteiger partial charge >= 0.3 is 0 Å². The number of hydrogen-bond acceptors (Lipinski definition) is 2. The monoisotopic (exact) mass is 210 g/mol. The van der Waals surface area contributed by atoms with Gasteiger partial charge in [-0.2, -0.15) is 0 Å². The van der Waals surface area contributed by atoms with Crippen molar-refractivity contribution in [1.29, 1.82) is 0 Å². The van der Waals surface area contributed by atoms with Crippen LogP contribution in [0.1, 0.15) is 46.0 Å². The van der Waals surface area contributed by atoms with Gasteiger partial charge in [-0.1, -0.05) is 20.3 Å². The van der Waals surface area contributed by atoms with E-state index < -0.39 is 0 Å². The molecule has 2 fully saturated rings. The third kappa shape index (κ3) is 1.63. The Bertz CT molecular complexity index is 251. The smallest absolute Gasteiger partial charge is 0.123 e. The minimum Gasteiger partial charge on any atom is -0.393 e. The van der Waals surface area contributed by atoms with Crippen molar-refractivity contribution in [2.24, 2.45) is 23.2 Å². The Morgan fingerprint density at radius 1 is 1.40 bits per heavy atom. The predicted octanol–water partition coefficient (Wildman–Crippen LogP) is 2.40. The summed E-state index contributed by atoms with van der Waals surface area (Å²) in [7, 11) is 0. The van der Waals surface area contributed by atoms with Gasteiger partial charge in [-0.05, 0) is 42.9 Å². The van der Waals surface area contributed by atoms with Crippen molar-refractivity contribution in [1.82, 2.24) is 0 Å². The Morgan fingerprint density at radius 2 is 2.13 bits per heavy atom. The van der Waals surface area contributed by atoms with Gasteiger partial charge in [-0.3, -0.25) is 0 Å². The zero-order valence-corrected chi connectivity index (χ0v) is 9.78. The average molecular weight is 210 g/mol. The molecule has 0 saturated heterocycles. The third-order valence-corrected chi connectivity index (χ3v) is 5.01. The number of fused-ring (bicyclic) bond motifs is 1. The first kappa shape index (κ1) is 11.1. The second kappa shape index (κ2) is 3.89. The van der Waals surface area contributed by atoms with E-state index in [0.717, 1.165) is 32.0 Å². The van der Waals surface area contributed by atoms with Crippen LogP contribution in [0.25, 0.3) is 0 Å². The molecule has 2 aliphatic carbocycles. The number of carbonyl (C=O) groups is 1. The van der Waals surface area contributed by atoms with Gasteiger partial charge < -0.3 is 9.90 Å². The summed E-state index contributed by atoms with van der Waals surface area (Å²) in [5.74, 6) is 1.10. The van der Waals surface area contributed by atoms with Gasteiger partial charge in [-0.15, -0.1) is 0 Å². The summed E-state index contributed by atoms with van der Waals surface area (Å²) >= 11 is 0. The van der Waals surface area contributed by atoms with Crippen molar-refractivity contribution in [3.8, 4) is 0 Å². The van der Waals surface area contributed by atoms with E-state index in [0.29, 0.717) is 11.8 Å². The molecular formula is C13H22O2. The van der Waals surface area contributed by atoms with Crippen LogP contribution in [0, 0.1) is 23.2 Å². The second-order valence-corrected chi connectivity index (χ2v) is 5.75. The number of aliphatic hydroxyl groups is 1. The average Bonchev–Trinajstić information content (AvgIpc) is 2.56. The summed E-state index contributed by atoms with van der Waals surface area (Å²) in [5.41, 5.74) is 0.220. The van der Waals surface area contributed by atoms with E-state index in [1.165, 1.54) is 6.42 Å². The minimum absolute atomic E-state index is 0.118. The normalized spacial score (nSPS) is 47.3. The summed E-state index contributed by atoms with van der Waals surface area (Å²) in [6.07, 6.45) is 6.49. The van der Waals surface area contributed by atoms with Gasteiger partial charge in [0.15, 0.2) is 0 Å². The summed E-state index contributed by atoms with van der Waals surface area (Å²) in [4.78, 5) is 10.9. The number of aldehydes is 1. The highest BCUT2D eigenvalue weighted by Gasteiger charge is 2.52. The maximum atomic E-state index is 10.9. The van der Waals surface area contributed by atoms with E-state index in [1.807, 2.05) is 6.92 Å². The lowest BCUT2D eigenvalue weighted by atomic mass is 9.62. The number of aliphatic hydroxyl groups excluding tert-OH is 1. The van der Waals surface area contributed by atoms with Crippen LogP contribution in [-0.4, -0.2) is 17.5 Å². The maximum absolute atomic E-state index is 10.9. The summed E-state index contributed by atoms with van der Waals surface area (Å²) in [5, 5.41) is 10.0. The standard InChI is InChI=1S/C13H22O2/c1-9(8-14)10-5-6-11-12(15)4-3-7-13(10,11)2/h8-12,15H,3-7H2,1-2H3. The molecular weight excluding hydrogens is 188 g/mol. The zero-order chi connectivity index (χ0) is 11.1. The lowest BCUT2D eigenvalue weighted by molar-refractivity contribution is -0.114. The Labute approximate surface area is 92.1 Å². The highest BCUT2D eigenvalue weighted by molar-refractivity contribution is 5.53. The molecule has 2 heteroatoms. The third-order valence-electron chi connectivity index (χ3n) is 5.01. The zero-order valence-electron chi connectivity index (χ0n) is 9.78. The predicted molar refractivity (Wildman–Crippen MR) is 59.4 cm³/mol. The molecule has 2 saturated carbocycles. The first-order chi connectivity index (χ1) is 7.09. The van der Waals surface area contributed by atoms with E-state index >= 15 is 0 Å². The van der Waals surface area contributed by atoms with Gasteiger partial charge in [0, 0.05) is 5.92 Å². The van der Waals surface area contributed by atoms with Gasteiger partial charge in [-0.25, -0.2) is 0 Å². The summed E-state index contributed by atoms with van der Waals surface area (Å²) in [6.45, 7) is 4.32. The van der Waals surface area contributed by atoms with Crippen molar-refractivity contribution in [2.75, 3.05) is 0 Å². The fraction of sp³-hybridized carbons (Fsp3) is 0.923. The van der Waals surface area contributed by atoms with Gasteiger partial charge in [0.25, 0.3) is 0 Å². The summed E-state index contributed by atoms with van der Waals surface area (Å²) in [6, 6.07) is 0. The Balaban J connectivity index is 2.20. The van der Waals surface area contributed by atoms with Gasteiger partial charge in [0.2, 0.25) is 0 Å². The maximum Gasteiger partial charge on any atom is 0.123 e. The molecule has 0 aromatic rings. The van der Waals surface area contributed by atoms with Crippen LogP contribution in [0.2, 0.25) is 0 Å². The molecule has 0 aromatic heterocycles. The van der Waals surface area contributed by atoms with Crippen molar-refractivity contribution < 1.29 is 9.90 Å². The molecule has 0 radical (unpaired) electrons. The SMILES string of the molecule is CC(C=O)C1CCC2C(O)CCCC12C. The summed E-state index contributed by atoms with van der Waals surface area (Å²) < 4.78 is 0. The number of hydrogen-bond donors (Lipinski definition) is 1. The molecule has 5 atom stereocenters. The van der Waals surface area contributed by atoms with E-state index in [1.54, 1.807) is 0 Å². The fourth-order valence-corrected chi connectivity index (χ4v) is 4.15. The van der Waals surface area contributed by atoms with Crippen LogP contribution < -0.4 is 0 Å². The molecule has 0 amide bonds. The molecule has 2 nitrogen and oxygen atoms in total. The second-order valence-electron chi connectivity index (χ2n) is 5.75. The Hall–Kier alpha value is -0.370. The first-order valence-electron chi connectivity index (χ1n) is 6.23. The highest BCUT2D eigenvalue weighted by Crippen LogP contribution is 2.57. The van der Waals surface area contributed by atoms with Gasteiger partial charge in [0.1, 0.15) is 6.29 Å². The van der Waals surface area contributed by atoms with Crippen molar-refractivity contribution >= 4 is 6.29 Å². The number of rotatable bonds is 2. The van der Waals surface area contributed by atoms with Crippen LogP contribution in [0.3, 0.4) is 0 Å². The molecule has 5 unspecified atom stereocenters. The Kier molecular flexibility index (Phi) is 2.89. The van der Waals surface area contributed by atoms with Crippen LogP contribution >= 0.6 is 0 Å². The highest BCUT2D eigenvalue weighted by atomic mass is 16.3. The lowest BCUT2D eigenvalue weighted by Gasteiger charge is -2.44. The van der Waals surface area contributed by atoms with E-state index in [4.69, 9.17) is 0 Å². The quantitative estimate of drug-likeness (QED) is 0.711. The number of carbonyl (C=O) groups excluding carboxylic acids is 1. The fourth-order valence-electron chi connectivity index (χ4n) is 4.15. The molecule has 2 aliphatic rings. The molecule has 0 spiro atoms.